The summed E-state index contributed by atoms with van der Waals surface area (Å²) in [6.45, 7) is 14.5. The number of hydrogen-bond donors (Lipinski definition) is 0. The van der Waals surface area contributed by atoms with Crippen molar-refractivity contribution in [3.05, 3.63) is 13.2 Å². The van der Waals surface area contributed by atoms with E-state index in [1.165, 1.54) is 12.8 Å². The molecular weight excluding hydrogens is 107 g/mol. The Morgan fingerprint density at radius 3 is 0.778 bits per heavy atom. The van der Waals surface area contributed by atoms with Crippen LogP contribution in [-0.2, 0) is 0 Å². The molecule has 0 rings (SSSR count). The third-order valence-corrected chi connectivity index (χ3v) is 0. The fourth-order valence-electron chi connectivity index (χ4n) is 0. The van der Waals surface area contributed by atoms with E-state index >= 15 is 0 Å². The van der Waals surface area contributed by atoms with Gasteiger partial charge >= 0.3 is 0 Å². The minimum absolute atomic E-state index is 0. The number of hydrogen-bond acceptors (Lipinski definition) is 0. The third kappa shape index (κ3) is 6910. The molecule has 0 amide bonds. The first-order valence-electron chi connectivity index (χ1n) is 3.33. The summed E-state index contributed by atoms with van der Waals surface area (Å²) in [7, 11) is 0. The van der Waals surface area contributed by atoms with E-state index in [-0.39, 0.29) is 8.41 Å². The second-order valence-corrected chi connectivity index (χ2v) is 1.41. The fraction of sp³-hybridized carbons (Fsp3) is 0.750. The number of rotatable bonds is 0. The van der Waals surface area contributed by atoms with Gasteiger partial charge in [-0.15, -0.1) is 13.2 Å². The monoisotopic (exact) mass is 127 g/mol. The van der Waals surface area contributed by atoms with Gasteiger partial charge in [-0.2, -0.15) is 0 Å². The van der Waals surface area contributed by atoms with Crippen LogP contribution in [0.5, 0.6) is 0 Å². The van der Waals surface area contributed by atoms with E-state index in [1.807, 2.05) is 0 Å². The molecule has 0 aromatic heterocycles. The molecule has 0 fully saturated rings. The molecule has 0 heterocycles. The third-order valence-electron chi connectivity index (χ3n) is 0. The van der Waals surface area contributed by atoms with Crippen LogP contribution in [0.3, 0.4) is 0 Å². The van der Waals surface area contributed by atoms with E-state index in [2.05, 4.69) is 40.9 Å². The van der Waals surface area contributed by atoms with Crippen molar-refractivity contribution in [2.75, 3.05) is 0 Å². The molecule has 55 valence electrons. The van der Waals surface area contributed by atoms with Crippen LogP contribution in [-0.4, -0.2) is 8.41 Å². The van der Waals surface area contributed by atoms with Crippen molar-refractivity contribution in [3.8, 4) is 0 Å². The highest BCUT2D eigenvalue weighted by Gasteiger charge is 1.36. The van der Waals surface area contributed by atoms with Crippen LogP contribution in [0.4, 0.5) is 0 Å². The molecule has 0 atom stereocenters. The first kappa shape index (κ1) is 23.2. The van der Waals surface area contributed by atoms with Crippen molar-refractivity contribution < 1.29 is 0 Å². The van der Waals surface area contributed by atoms with Crippen LogP contribution in [0, 0.1) is 0 Å². The molecule has 0 saturated carbocycles. The molecule has 1 heteroatoms. The molecule has 0 N–H and O–H groups in total. The average molecular weight is 127 g/mol. The Bertz CT molecular complexity index is 12.0. The summed E-state index contributed by atoms with van der Waals surface area (Å²) in [6.07, 6.45) is 2.50. The Labute approximate surface area is 62.9 Å². The highest BCUT2D eigenvalue weighted by atomic mass is 13.4. The highest BCUT2D eigenvalue weighted by Crippen LogP contribution is 1.56. The SMILES string of the molecule is C=C.CCC.CCC.[B]. The summed E-state index contributed by atoms with van der Waals surface area (Å²) in [5.74, 6) is 0. The Hall–Kier alpha value is -0.195. The van der Waals surface area contributed by atoms with E-state index in [4.69, 9.17) is 0 Å². The molecule has 0 saturated heterocycles. The van der Waals surface area contributed by atoms with Crippen LogP contribution >= 0.6 is 0 Å². The summed E-state index contributed by atoms with van der Waals surface area (Å²) >= 11 is 0. The van der Waals surface area contributed by atoms with Crippen LogP contribution in [0.2, 0.25) is 0 Å². The van der Waals surface area contributed by atoms with Gasteiger partial charge in [0, 0.05) is 8.41 Å². The van der Waals surface area contributed by atoms with E-state index in [0.717, 1.165) is 0 Å². The zero-order valence-electron chi connectivity index (χ0n) is 7.41. The maximum Gasteiger partial charge on any atom is 0 e. The van der Waals surface area contributed by atoms with Crippen LogP contribution in [0.15, 0.2) is 13.2 Å². The second-order valence-electron chi connectivity index (χ2n) is 1.41. The lowest BCUT2D eigenvalue weighted by Gasteiger charge is -1.48. The van der Waals surface area contributed by atoms with Gasteiger partial charge in [0.05, 0.1) is 0 Å². The molecule has 0 unspecified atom stereocenters. The van der Waals surface area contributed by atoms with E-state index in [0.29, 0.717) is 0 Å². The van der Waals surface area contributed by atoms with Crippen molar-refractivity contribution in [2.24, 2.45) is 0 Å². The zero-order chi connectivity index (χ0) is 7.41. The first-order chi connectivity index (χ1) is 3.83. The lowest BCUT2D eigenvalue weighted by atomic mass is 10.6. The molecule has 0 bridgehead atoms. The molecule has 0 aliphatic rings. The van der Waals surface area contributed by atoms with Crippen molar-refractivity contribution >= 4 is 8.41 Å². The second kappa shape index (κ2) is 111. The van der Waals surface area contributed by atoms with E-state index < -0.39 is 0 Å². The summed E-state index contributed by atoms with van der Waals surface area (Å²) in [5.41, 5.74) is 0. The Morgan fingerprint density at radius 1 is 0.778 bits per heavy atom. The summed E-state index contributed by atoms with van der Waals surface area (Å²) < 4.78 is 0. The lowest BCUT2D eigenvalue weighted by molar-refractivity contribution is 1.09. The van der Waals surface area contributed by atoms with Crippen molar-refractivity contribution in [2.45, 2.75) is 40.5 Å². The highest BCUT2D eigenvalue weighted by molar-refractivity contribution is 5.75. The Kier molecular flexibility index (Phi) is 286. The van der Waals surface area contributed by atoms with Crippen molar-refractivity contribution in [1.82, 2.24) is 0 Å². The summed E-state index contributed by atoms with van der Waals surface area (Å²) in [6, 6.07) is 0. The molecule has 3 radical (unpaired) electrons. The predicted octanol–water partition coefficient (Wildman–Crippen LogP) is 3.25. The van der Waals surface area contributed by atoms with Gasteiger partial charge in [0.1, 0.15) is 0 Å². The molecule has 0 aliphatic carbocycles. The molecule has 9 heavy (non-hydrogen) atoms. The average Bonchev–Trinajstić information content (AvgIpc) is 1.75. The van der Waals surface area contributed by atoms with Gasteiger partial charge < -0.3 is 0 Å². The minimum atomic E-state index is 0. The first-order valence-corrected chi connectivity index (χ1v) is 3.33. The zero-order valence-corrected chi connectivity index (χ0v) is 7.41. The molecule has 0 aromatic rings. The quantitative estimate of drug-likeness (QED) is 0.346. The Balaban J connectivity index is -0.0000000202. The van der Waals surface area contributed by atoms with Crippen LogP contribution in [0.25, 0.3) is 0 Å². The minimum Gasteiger partial charge on any atom is -0.106 e. The van der Waals surface area contributed by atoms with E-state index in [9.17, 15) is 0 Å². The lowest BCUT2D eigenvalue weighted by Crippen LogP contribution is -1.27. The maximum atomic E-state index is 3.00. The predicted molar refractivity (Wildman–Crippen MR) is 48.9 cm³/mol. The smallest absolute Gasteiger partial charge is 0 e. The normalized spacial score (nSPS) is 4.44. The van der Waals surface area contributed by atoms with Gasteiger partial charge in [-0.25, -0.2) is 0 Å². The van der Waals surface area contributed by atoms with Crippen molar-refractivity contribution in [3.63, 3.8) is 0 Å². The summed E-state index contributed by atoms with van der Waals surface area (Å²) in [5, 5.41) is 0. The fourth-order valence-corrected chi connectivity index (χ4v) is 0. The molecule has 0 nitrogen and oxygen atoms in total. The van der Waals surface area contributed by atoms with Gasteiger partial charge in [0.15, 0.2) is 0 Å². The van der Waals surface area contributed by atoms with Gasteiger partial charge in [-0.1, -0.05) is 40.5 Å². The molecule has 0 spiro atoms. The van der Waals surface area contributed by atoms with Crippen LogP contribution < -0.4 is 0 Å². The van der Waals surface area contributed by atoms with Crippen LogP contribution in [0.1, 0.15) is 40.5 Å². The topological polar surface area (TPSA) is 0 Å². The van der Waals surface area contributed by atoms with Gasteiger partial charge in [-0.3, -0.25) is 0 Å². The Morgan fingerprint density at radius 2 is 0.778 bits per heavy atom. The molecule has 0 aliphatic heterocycles. The standard InChI is InChI=1S/2C3H8.C2H4.B/c2*1-3-2;1-2;/h2*3H2,1-2H3;1-2H2;. The molecule has 0 aromatic carbocycles. The summed E-state index contributed by atoms with van der Waals surface area (Å²) in [4.78, 5) is 0. The molecular formula is C8H20B. The van der Waals surface area contributed by atoms with Gasteiger partial charge in [-0.05, 0) is 0 Å². The van der Waals surface area contributed by atoms with Gasteiger partial charge in [0.25, 0.3) is 0 Å². The van der Waals surface area contributed by atoms with Gasteiger partial charge in [0.2, 0.25) is 0 Å². The largest absolute Gasteiger partial charge is 0.106 e. The van der Waals surface area contributed by atoms with Crippen molar-refractivity contribution in [1.29, 1.82) is 0 Å². The maximum absolute atomic E-state index is 3.00. The van der Waals surface area contributed by atoms with E-state index in [1.54, 1.807) is 0 Å².